The van der Waals surface area contributed by atoms with Gasteiger partial charge in [0.1, 0.15) is 0 Å². The molecule has 1 N–H and O–H groups in total. The Morgan fingerprint density at radius 3 is 2.70 bits per heavy atom. The Labute approximate surface area is 124 Å². The van der Waals surface area contributed by atoms with Gasteiger partial charge in [0.15, 0.2) is 0 Å². The van der Waals surface area contributed by atoms with Crippen LogP contribution in [0.25, 0.3) is 0 Å². The van der Waals surface area contributed by atoms with E-state index in [2.05, 4.69) is 10.3 Å². The summed E-state index contributed by atoms with van der Waals surface area (Å²) in [4.78, 5) is 29.5. The van der Waals surface area contributed by atoms with E-state index in [1.807, 2.05) is 13.8 Å². The van der Waals surface area contributed by atoms with Gasteiger partial charge in [-0.15, -0.1) is 0 Å². The highest BCUT2D eigenvalue weighted by molar-refractivity contribution is 6.33. The Morgan fingerprint density at radius 2 is 2.10 bits per heavy atom. The summed E-state index contributed by atoms with van der Waals surface area (Å²) in [6.07, 6.45) is 4.58. The predicted octanol–water partition coefficient (Wildman–Crippen LogP) is 2.11. The largest absolute Gasteiger partial charge is 0.355 e. The van der Waals surface area contributed by atoms with Crippen LogP contribution in [0.15, 0.2) is 18.5 Å². The molecule has 0 saturated carbocycles. The zero-order valence-electron chi connectivity index (χ0n) is 11.9. The number of rotatable bonds is 7. The molecule has 110 valence electrons. The van der Waals surface area contributed by atoms with E-state index in [1.165, 1.54) is 17.3 Å². The molecule has 0 spiro atoms. The van der Waals surface area contributed by atoms with Crippen LogP contribution in [-0.2, 0) is 4.79 Å². The van der Waals surface area contributed by atoms with Crippen LogP contribution in [0.3, 0.4) is 0 Å². The fraction of sp³-hybridized carbons (Fsp3) is 0.500. The molecular weight excluding hydrogens is 278 g/mol. The van der Waals surface area contributed by atoms with Crippen molar-refractivity contribution in [3.63, 3.8) is 0 Å². The normalized spacial score (nSPS) is 10.2. The van der Waals surface area contributed by atoms with E-state index >= 15 is 0 Å². The Balaban J connectivity index is 2.77. The fourth-order valence-corrected chi connectivity index (χ4v) is 1.91. The van der Waals surface area contributed by atoms with Gasteiger partial charge in [-0.2, -0.15) is 0 Å². The first kappa shape index (κ1) is 16.4. The van der Waals surface area contributed by atoms with Crippen LogP contribution in [0.2, 0.25) is 5.02 Å². The number of nitrogens with one attached hydrogen (secondary N) is 1. The first-order valence-corrected chi connectivity index (χ1v) is 7.13. The molecule has 1 aromatic heterocycles. The number of carbonyl (C=O) groups excluding carboxylic acids is 2. The van der Waals surface area contributed by atoms with E-state index in [4.69, 9.17) is 11.6 Å². The van der Waals surface area contributed by atoms with Gasteiger partial charge in [-0.3, -0.25) is 14.6 Å². The molecule has 0 saturated heterocycles. The molecule has 5 nitrogen and oxygen atoms in total. The molecule has 6 heteroatoms. The van der Waals surface area contributed by atoms with Crippen molar-refractivity contribution >= 4 is 23.4 Å². The van der Waals surface area contributed by atoms with E-state index in [1.54, 1.807) is 6.07 Å². The molecule has 0 fully saturated rings. The standard InChI is InChI=1S/C14H20ClN3O2/c1-3-6-17-13(19)10-18(8-4-2)14(20)11-9-16-7-5-12(11)15/h5,7,9H,3-4,6,8,10H2,1-2H3,(H,17,19). The monoisotopic (exact) mass is 297 g/mol. The molecule has 0 aliphatic carbocycles. The third-order valence-corrected chi connectivity index (χ3v) is 3.02. The van der Waals surface area contributed by atoms with Crippen LogP contribution in [-0.4, -0.2) is 41.3 Å². The van der Waals surface area contributed by atoms with E-state index in [-0.39, 0.29) is 18.4 Å². The molecule has 1 rings (SSSR count). The minimum Gasteiger partial charge on any atom is -0.355 e. The molecule has 2 amide bonds. The lowest BCUT2D eigenvalue weighted by Crippen LogP contribution is -2.41. The van der Waals surface area contributed by atoms with Crippen molar-refractivity contribution in [3.05, 3.63) is 29.0 Å². The smallest absolute Gasteiger partial charge is 0.257 e. The molecule has 0 unspecified atom stereocenters. The molecule has 0 atom stereocenters. The third kappa shape index (κ3) is 4.81. The van der Waals surface area contributed by atoms with Crippen LogP contribution >= 0.6 is 11.6 Å². The maximum atomic E-state index is 12.4. The van der Waals surface area contributed by atoms with Crippen molar-refractivity contribution in [2.75, 3.05) is 19.6 Å². The average Bonchev–Trinajstić information content (AvgIpc) is 2.44. The average molecular weight is 298 g/mol. The number of amides is 2. The molecule has 1 aromatic rings. The van der Waals surface area contributed by atoms with Gasteiger partial charge >= 0.3 is 0 Å². The maximum Gasteiger partial charge on any atom is 0.257 e. The molecule has 0 bridgehead atoms. The summed E-state index contributed by atoms with van der Waals surface area (Å²) in [5, 5.41) is 3.11. The maximum absolute atomic E-state index is 12.4. The van der Waals surface area contributed by atoms with Crippen molar-refractivity contribution < 1.29 is 9.59 Å². The van der Waals surface area contributed by atoms with Crippen molar-refractivity contribution in [2.24, 2.45) is 0 Å². The van der Waals surface area contributed by atoms with Gasteiger partial charge in [0.25, 0.3) is 5.91 Å². The number of halogens is 1. The summed E-state index contributed by atoms with van der Waals surface area (Å²) in [6, 6.07) is 1.57. The van der Waals surface area contributed by atoms with E-state index < -0.39 is 0 Å². The first-order valence-electron chi connectivity index (χ1n) is 6.75. The number of hydrogen-bond donors (Lipinski definition) is 1. The zero-order valence-corrected chi connectivity index (χ0v) is 12.6. The van der Waals surface area contributed by atoms with Crippen molar-refractivity contribution in [1.29, 1.82) is 0 Å². The van der Waals surface area contributed by atoms with Gasteiger partial charge in [0.05, 0.1) is 17.1 Å². The molecular formula is C14H20ClN3O2. The van der Waals surface area contributed by atoms with Crippen LogP contribution in [0, 0.1) is 0 Å². The first-order chi connectivity index (χ1) is 9.60. The van der Waals surface area contributed by atoms with Gasteiger partial charge in [0, 0.05) is 25.5 Å². The highest BCUT2D eigenvalue weighted by atomic mass is 35.5. The van der Waals surface area contributed by atoms with E-state index in [0.717, 1.165) is 12.8 Å². The molecule has 0 aliphatic heterocycles. The molecule has 0 aromatic carbocycles. The van der Waals surface area contributed by atoms with Crippen molar-refractivity contribution in [2.45, 2.75) is 26.7 Å². The Hall–Kier alpha value is -1.62. The predicted molar refractivity (Wildman–Crippen MR) is 78.7 cm³/mol. The SMILES string of the molecule is CCCNC(=O)CN(CCC)C(=O)c1cnccc1Cl. The lowest BCUT2D eigenvalue weighted by molar-refractivity contribution is -0.121. The highest BCUT2D eigenvalue weighted by Crippen LogP contribution is 2.16. The number of carbonyl (C=O) groups is 2. The summed E-state index contributed by atoms with van der Waals surface area (Å²) in [6.45, 7) is 5.09. The second-order valence-corrected chi connectivity index (χ2v) is 4.84. The quantitative estimate of drug-likeness (QED) is 0.838. The number of nitrogens with zero attached hydrogens (tertiary/aromatic N) is 2. The Bertz CT molecular complexity index is 465. The van der Waals surface area contributed by atoms with Gasteiger partial charge in [0.2, 0.25) is 5.91 Å². The second-order valence-electron chi connectivity index (χ2n) is 4.43. The highest BCUT2D eigenvalue weighted by Gasteiger charge is 2.20. The summed E-state index contributed by atoms with van der Waals surface area (Å²) in [5.41, 5.74) is 0.325. The lowest BCUT2D eigenvalue weighted by atomic mass is 10.2. The van der Waals surface area contributed by atoms with Crippen LogP contribution in [0.1, 0.15) is 37.0 Å². The zero-order chi connectivity index (χ0) is 15.0. The molecule has 1 heterocycles. The molecule has 20 heavy (non-hydrogen) atoms. The van der Waals surface area contributed by atoms with Crippen LogP contribution in [0.4, 0.5) is 0 Å². The molecule has 0 radical (unpaired) electrons. The number of aromatic nitrogens is 1. The minimum atomic E-state index is -0.267. The lowest BCUT2D eigenvalue weighted by Gasteiger charge is -2.21. The van der Waals surface area contributed by atoms with Gasteiger partial charge < -0.3 is 10.2 Å². The summed E-state index contributed by atoms with van der Waals surface area (Å²) >= 11 is 6.00. The number of hydrogen-bond acceptors (Lipinski definition) is 3. The van der Waals surface area contributed by atoms with Crippen LogP contribution < -0.4 is 5.32 Å². The van der Waals surface area contributed by atoms with Crippen molar-refractivity contribution in [3.8, 4) is 0 Å². The third-order valence-electron chi connectivity index (χ3n) is 2.69. The van der Waals surface area contributed by atoms with Gasteiger partial charge in [-0.05, 0) is 18.9 Å². The van der Waals surface area contributed by atoms with E-state index in [0.29, 0.717) is 23.7 Å². The molecule has 0 aliphatic rings. The topological polar surface area (TPSA) is 62.3 Å². The minimum absolute atomic E-state index is 0.0396. The Kier molecular flexibility index (Phi) is 7.01. The van der Waals surface area contributed by atoms with E-state index in [9.17, 15) is 9.59 Å². The summed E-state index contributed by atoms with van der Waals surface area (Å²) in [7, 11) is 0. The Morgan fingerprint density at radius 1 is 1.35 bits per heavy atom. The second kappa shape index (κ2) is 8.53. The number of pyridine rings is 1. The van der Waals surface area contributed by atoms with Gasteiger partial charge in [-0.25, -0.2) is 0 Å². The fourth-order valence-electron chi connectivity index (χ4n) is 1.72. The van der Waals surface area contributed by atoms with Crippen molar-refractivity contribution in [1.82, 2.24) is 15.2 Å². The summed E-state index contributed by atoms with van der Waals surface area (Å²) < 4.78 is 0. The van der Waals surface area contributed by atoms with Crippen LogP contribution in [0.5, 0.6) is 0 Å². The summed E-state index contributed by atoms with van der Waals surface area (Å²) in [5.74, 6) is -0.426. The van der Waals surface area contributed by atoms with Gasteiger partial charge in [-0.1, -0.05) is 25.4 Å².